The van der Waals surface area contributed by atoms with Crippen molar-refractivity contribution in [3.8, 4) is 0 Å². The lowest BCUT2D eigenvalue weighted by Crippen LogP contribution is -2.57. The van der Waals surface area contributed by atoms with Gasteiger partial charge in [0, 0.05) is 18.0 Å². The number of halogens is 8. The Labute approximate surface area is 258 Å². The van der Waals surface area contributed by atoms with E-state index in [1.807, 2.05) is 0 Å². The fourth-order valence-corrected chi connectivity index (χ4v) is 10.8. The highest BCUT2D eigenvalue weighted by Gasteiger charge is 2.74. The number of aryl methyl sites for hydroxylation is 2. The van der Waals surface area contributed by atoms with Gasteiger partial charge in [0.2, 0.25) is 5.91 Å². The van der Waals surface area contributed by atoms with Gasteiger partial charge in [-0.15, -0.1) is 0 Å². The van der Waals surface area contributed by atoms with Crippen LogP contribution in [0.1, 0.15) is 60.8 Å². The lowest BCUT2D eigenvalue weighted by Gasteiger charge is -2.57. The van der Waals surface area contributed by atoms with Crippen molar-refractivity contribution in [1.29, 1.82) is 0 Å². The summed E-state index contributed by atoms with van der Waals surface area (Å²) in [5, 5.41) is 9.23. The zero-order valence-corrected chi connectivity index (χ0v) is 25.1. The third-order valence-corrected chi connectivity index (χ3v) is 13.2. The Hall–Kier alpha value is -3.23. The van der Waals surface area contributed by atoms with E-state index >= 15 is 4.39 Å². The Kier molecular flexibility index (Phi) is 7.20. The number of hydrogen-bond donors (Lipinski definition) is 1. The SMILES string of the molecule is Cc1cc(S(=O)(=O)C23CCN(C(=O)C4CC5(CC(C(=O)O)C5)C4)C2CCc2cc(C(F)(C(F)(F)F)C(F)(F)F)ccc23)ccc1F. The van der Waals surface area contributed by atoms with Crippen LogP contribution in [0.5, 0.6) is 0 Å². The van der Waals surface area contributed by atoms with Crippen LogP contribution >= 0.6 is 0 Å². The molecule has 46 heavy (non-hydrogen) atoms. The van der Waals surface area contributed by atoms with E-state index in [1.165, 1.54) is 11.8 Å². The number of fused-ring (bicyclic) bond motifs is 3. The molecule has 6 nitrogen and oxygen atoms in total. The zero-order valence-electron chi connectivity index (χ0n) is 24.3. The number of sulfone groups is 1. The lowest BCUT2D eigenvalue weighted by atomic mass is 9.48. The number of carbonyl (C=O) groups is 2. The summed E-state index contributed by atoms with van der Waals surface area (Å²) in [5.41, 5.74) is -8.11. The highest BCUT2D eigenvalue weighted by molar-refractivity contribution is 7.92. The quantitative estimate of drug-likeness (QED) is 0.287. The van der Waals surface area contributed by atoms with Crippen LogP contribution in [0.2, 0.25) is 0 Å². The molecule has 3 aliphatic carbocycles. The topological polar surface area (TPSA) is 91.8 Å². The average Bonchev–Trinajstić information content (AvgIpc) is 3.32. The van der Waals surface area contributed by atoms with E-state index in [1.54, 1.807) is 0 Å². The van der Waals surface area contributed by atoms with Crippen LogP contribution in [0.3, 0.4) is 0 Å². The lowest BCUT2D eigenvalue weighted by molar-refractivity contribution is -0.348. The van der Waals surface area contributed by atoms with E-state index in [2.05, 4.69) is 0 Å². The molecule has 2 saturated carbocycles. The summed E-state index contributed by atoms with van der Waals surface area (Å²) in [6, 6.07) is 3.44. The maximum atomic E-state index is 15.0. The van der Waals surface area contributed by atoms with Gasteiger partial charge in [0.1, 0.15) is 10.6 Å². The fraction of sp³-hybridized carbons (Fsp3) is 0.548. The second kappa shape index (κ2) is 10.1. The Balaban J connectivity index is 1.42. The van der Waals surface area contributed by atoms with E-state index in [4.69, 9.17) is 0 Å². The standard InChI is InChI=1S/C31H29F8NO5S/c1-16-10-21(4-6-23(16)32)46(44,45)28-8-9-40(25(41)18-12-27(13-18)14-19(15-27)26(42)43)24(28)7-2-17-11-20(3-5-22(17)28)29(33,30(34,35)36)31(37,38)39/h3-6,10-11,18-19,24H,2,7-9,12-15H2,1H3,(H,42,43). The Morgan fingerprint density at radius 3 is 2.09 bits per heavy atom. The number of carboxylic acid groups (broad SMARTS) is 1. The van der Waals surface area contributed by atoms with Crippen LogP contribution in [0.15, 0.2) is 41.3 Å². The van der Waals surface area contributed by atoms with Crippen LogP contribution in [0.4, 0.5) is 35.1 Å². The number of rotatable bonds is 5. The predicted molar refractivity (Wildman–Crippen MR) is 145 cm³/mol. The molecule has 0 bridgehead atoms. The highest BCUT2D eigenvalue weighted by Crippen LogP contribution is 2.63. The van der Waals surface area contributed by atoms with Crippen molar-refractivity contribution in [3.05, 3.63) is 64.5 Å². The number of carbonyl (C=O) groups excluding carboxylic acids is 1. The Morgan fingerprint density at radius 2 is 1.52 bits per heavy atom. The smallest absolute Gasteiger partial charge is 0.435 e. The Bertz CT molecular complexity index is 1710. The predicted octanol–water partition coefficient (Wildman–Crippen LogP) is 6.53. The van der Waals surface area contributed by atoms with Crippen molar-refractivity contribution in [3.63, 3.8) is 0 Å². The number of alkyl halides is 7. The number of nitrogens with zero attached hydrogens (tertiary/aromatic N) is 1. The molecule has 250 valence electrons. The molecule has 6 rings (SSSR count). The summed E-state index contributed by atoms with van der Waals surface area (Å²) < 4.78 is 138. The molecule has 0 radical (unpaired) electrons. The summed E-state index contributed by atoms with van der Waals surface area (Å²) in [5.74, 6) is -2.97. The van der Waals surface area contributed by atoms with E-state index in [-0.39, 0.29) is 58.7 Å². The second-order valence-electron chi connectivity index (χ2n) is 13.2. The molecular weight excluding hydrogens is 650 g/mol. The molecule has 2 aromatic carbocycles. The van der Waals surface area contributed by atoms with Gasteiger partial charge in [0.05, 0.1) is 16.9 Å². The van der Waals surface area contributed by atoms with Gasteiger partial charge in [-0.25, -0.2) is 17.2 Å². The first-order valence-corrected chi connectivity index (χ1v) is 16.2. The van der Waals surface area contributed by atoms with Gasteiger partial charge >= 0.3 is 24.0 Å². The number of hydrogen-bond acceptors (Lipinski definition) is 4. The summed E-state index contributed by atoms with van der Waals surface area (Å²) in [6.07, 6.45) is -11.7. The zero-order chi connectivity index (χ0) is 33.8. The van der Waals surface area contributed by atoms with Gasteiger partial charge in [-0.05, 0) is 92.2 Å². The molecule has 2 atom stereocenters. The number of carboxylic acids is 1. The van der Waals surface area contributed by atoms with Gasteiger partial charge < -0.3 is 10.0 Å². The molecule has 1 heterocycles. The molecule has 3 fully saturated rings. The summed E-state index contributed by atoms with van der Waals surface area (Å²) in [4.78, 5) is 26.1. The van der Waals surface area contributed by atoms with Crippen molar-refractivity contribution >= 4 is 21.7 Å². The largest absolute Gasteiger partial charge is 0.481 e. The van der Waals surface area contributed by atoms with Crippen molar-refractivity contribution < 1.29 is 58.2 Å². The average molecular weight is 680 g/mol. The van der Waals surface area contributed by atoms with Crippen molar-refractivity contribution in [1.82, 2.24) is 4.90 Å². The molecule has 1 spiro atoms. The van der Waals surface area contributed by atoms with Gasteiger partial charge in [0.15, 0.2) is 9.84 Å². The van der Waals surface area contributed by atoms with Crippen molar-refractivity contribution in [2.75, 3.05) is 6.54 Å². The third-order valence-electron chi connectivity index (χ3n) is 10.7. The first-order chi connectivity index (χ1) is 21.2. The van der Waals surface area contributed by atoms with Crippen LogP contribution in [-0.2, 0) is 36.3 Å². The third kappa shape index (κ3) is 4.42. The first kappa shape index (κ1) is 32.7. The molecule has 1 saturated heterocycles. The van der Waals surface area contributed by atoms with Gasteiger partial charge in [0.25, 0.3) is 0 Å². The molecule has 2 unspecified atom stereocenters. The van der Waals surface area contributed by atoms with Gasteiger partial charge in [-0.2, -0.15) is 26.3 Å². The van der Waals surface area contributed by atoms with Crippen LogP contribution in [-0.4, -0.2) is 55.2 Å². The molecule has 1 N–H and O–H groups in total. The summed E-state index contributed by atoms with van der Waals surface area (Å²) >= 11 is 0. The monoisotopic (exact) mass is 679 g/mol. The van der Waals surface area contributed by atoms with E-state index in [0.717, 1.165) is 24.3 Å². The second-order valence-corrected chi connectivity index (χ2v) is 15.4. The van der Waals surface area contributed by atoms with Crippen LogP contribution in [0.25, 0.3) is 0 Å². The minimum atomic E-state index is -6.37. The van der Waals surface area contributed by atoms with Crippen LogP contribution in [0, 0.1) is 30.0 Å². The van der Waals surface area contributed by atoms with E-state index < -0.39 is 67.8 Å². The number of aliphatic carboxylic acids is 1. The molecule has 2 aromatic rings. The molecular formula is C31H29F8NO5S. The van der Waals surface area contributed by atoms with Gasteiger partial charge in [-0.3, -0.25) is 9.59 Å². The maximum absolute atomic E-state index is 15.0. The number of benzene rings is 2. The molecule has 15 heteroatoms. The molecule has 1 amide bonds. The van der Waals surface area contributed by atoms with E-state index in [9.17, 15) is 53.8 Å². The van der Waals surface area contributed by atoms with Crippen molar-refractivity contribution in [2.24, 2.45) is 17.3 Å². The number of amides is 1. The summed E-state index contributed by atoms with van der Waals surface area (Å²) in [7, 11) is -4.60. The maximum Gasteiger partial charge on any atom is 0.435 e. The normalized spacial score (nSPS) is 29.5. The highest BCUT2D eigenvalue weighted by atomic mass is 32.2. The van der Waals surface area contributed by atoms with E-state index in [0.29, 0.717) is 37.8 Å². The number of likely N-dealkylation sites (tertiary alicyclic amines) is 1. The van der Waals surface area contributed by atoms with Gasteiger partial charge in [-0.1, -0.05) is 18.2 Å². The van der Waals surface area contributed by atoms with Crippen LogP contribution < -0.4 is 0 Å². The summed E-state index contributed by atoms with van der Waals surface area (Å²) in [6.45, 7) is 1.23. The first-order valence-electron chi connectivity index (χ1n) is 14.7. The minimum absolute atomic E-state index is 0.0242. The van der Waals surface area contributed by atoms with Crippen molar-refractivity contribution in [2.45, 2.75) is 85.6 Å². The molecule has 1 aliphatic heterocycles. The fourth-order valence-electron chi connectivity index (χ4n) is 8.38. The molecule has 4 aliphatic rings. The Morgan fingerprint density at radius 1 is 0.913 bits per heavy atom. The minimum Gasteiger partial charge on any atom is -0.481 e. The molecule has 0 aromatic heterocycles.